The molecule has 1 fully saturated rings. The van der Waals surface area contributed by atoms with Gasteiger partial charge in [0.1, 0.15) is 11.6 Å². The zero-order valence-corrected chi connectivity index (χ0v) is 13.3. The molecular weight excluding hydrogens is 256 g/mol. The summed E-state index contributed by atoms with van der Waals surface area (Å²) in [6, 6.07) is -1.01. The summed E-state index contributed by atoms with van der Waals surface area (Å²) in [4.78, 5) is 26.2. The molecule has 1 aliphatic rings. The molecule has 0 aromatic carbocycles. The minimum absolute atomic E-state index is 0.113. The molecule has 0 unspecified atom stereocenters. The molecule has 1 amide bonds. The Bertz CT molecular complexity index is 363. The lowest BCUT2D eigenvalue weighted by molar-refractivity contribution is -0.163. The Morgan fingerprint density at radius 3 is 2.50 bits per heavy atom. The number of nitrogens with two attached hydrogens (primary N) is 1. The van der Waals surface area contributed by atoms with E-state index in [2.05, 4.69) is 0 Å². The van der Waals surface area contributed by atoms with E-state index in [-0.39, 0.29) is 17.8 Å². The van der Waals surface area contributed by atoms with Crippen LogP contribution in [-0.2, 0) is 14.3 Å². The van der Waals surface area contributed by atoms with Gasteiger partial charge in [-0.3, -0.25) is 4.79 Å². The Morgan fingerprint density at radius 2 is 2.00 bits per heavy atom. The lowest BCUT2D eigenvalue weighted by atomic mass is 9.98. The third kappa shape index (κ3) is 4.20. The first-order chi connectivity index (χ1) is 9.17. The highest BCUT2D eigenvalue weighted by Crippen LogP contribution is 2.23. The molecule has 1 saturated heterocycles. The number of likely N-dealkylation sites (tertiary alicyclic amines) is 1. The van der Waals surface area contributed by atoms with E-state index < -0.39 is 17.7 Å². The number of ether oxygens (including phenoxy) is 1. The maximum Gasteiger partial charge on any atom is 0.329 e. The van der Waals surface area contributed by atoms with Gasteiger partial charge in [-0.2, -0.15) is 0 Å². The number of hydrogen-bond donors (Lipinski definition) is 1. The molecule has 1 rings (SSSR count). The predicted molar refractivity (Wildman–Crippen MR) is 78.0 cm³/mol. The second-order valence-corrected chi connectivity index (χ2v) is 6.63. The summed E-state index contributed by atoms with van der Waals surface area (Å²) in [5, 5.41) is 0. The van der Waals surface area contributed by atoms with Crippen LogP contribution in [0.2, 0.25) is 0 Å². The summed E-state index contributed by atoms with van der Waals surface area (Å²) in [6.07, 6.45) is 2.33. The topological polar surface area (TPSA) is 72.6 Å². The van der Waals surface area contributed by atoms with E-state index in [4.69, 9.17) is 10.5 Å². The monoisotopic (exact) mass is 284 g/mol. The number of carbonyl (C=O) groups excluding carboxylic acids is 2. The van der Waals surface area contributed by atoms with E-state index in [1.807, 2.05) is 34.6 Å². The van der Waals surface area contributed by atoms with Gasteiger partial charge in [0.15, 0.2) is 0 Å². The van der Waals surface area contributed by atoms with Gasteiger partial charge in [-0.25, -0.2) is 4.79 Å². The van der Waals surface area contributed by atoms with Crippen LogP contribution < -0.4 is 5.73 Å². The van der Waals surface area contributed by atoms with E-state index >= 15 is 0 Å². The Hall–Kier alpha value is -1.10. The van der Waals surface area contributed by atoms with Crippen LogP contribution in [0.5, 0.6) is 0 Å². The summed E-state index contributed by atoms with van der Waals surface area (Å²) in [5.41, 5.74) is 5.46. The van der Waals surface area contributed by atoms with Crippen LogP contribution in [-0.4, -0.2) is 41.0 Å². The van der Waals surface area contributed by atoms with Gasteiger partial charge in [-0.15, -0.1) is 0 Å². The number of amides is 1. The molecule has 0 aliphatic carbocycles. The molecule has 3 atom stereocenters. The maximum absolute atomic E-state index is 12.4. The molecule has 1 aliphatic heterocycles. The highest BCUT2D eigenvalue weighted by Gasteiger charge is 2.39. The average molecular weight is 284 g/mol. The average Bonchev–Trinajstić information content (AvgIpc) is 2.83. The van der Waals surface area contributed by atoms with Crippen molar-refractivity contribution in [1.82, 2.24) is 4.90 Å². The van der Waals surface area contributed by atoms with Gasteiger partial charge in [0.05, 0.1) is 6.04 Å². The number of hydrogen-bond acceptors (Lipinski definition) is 4. The predicted octanol–water partition coefficient (Wildman–Crippen LogP) is 1.69. The van der Waals surface area contributed by atoms with Gasteiger partial charge in [0.25, 0.3) is 0 Å². The molecule has 2 N–H and O–H groups in total. The van der Waals surface area contributed by atoms with Crippen LogP contribution >= 0.6 is 0 Å². The highest BCUT2D eigenvalue weighted by atomic mass is 16.6. The van der Waals surface area contributed by atoms with E-state index in [9.17, 15) is 9.59 Å². The summed E-state index contributed by atoms with van der Waals surface area (Å²) in [7, 11) is 0. The summed E-state index contributed by atoms with van der Waals surface area (Å²) in [5.74, 6) is -0.338. The van der Waals surface area contributed by atoms with Crippen molar-refractivity contribution in [2.75, 3.05) is 6.54 Å². The Labute approximate surface area is 121 Å². The molecule has 5 nitrogen and oxygen atoms in total. The zero-order chi connectivity index (χ0) is 15.5. The quantitative estimate of drug-likeness (QED) is 0.797. The second-order valence-electron chi connectivity index (χ2n) is 6.63. The molecule has 116 valence electrons. The first-order valence-electron chi connectivity index (χ1n) is 7.46. The van der Waals surface area contributed by atoms with Gasteiger partial charge in [0, 0.05) is 6.54 Å². The van der Waals surface area contributed by atoms with Crippen LogP contribution in [0.3, 0.4) is 0 Å². The minimum atomic E-state index is -0.539. The van der Waals surface area contributed by atoms with E-state index in [1.165, 1.54) is 0 Å². The van der Waals surface area contributed by atoms with Crippen molar-refractivity contribution < 1.29 is 14.3 Å². The fourth-order valence-electron chi connectivity index (χ4n) is 2.33. The molecule has 0 radical (unpaired) electrons. The van der Waals surface area contributed by atoms with Gasteiger partial charge in [0.2, 0.25) is 5.91 Å². The summed E-state index contributed by atoms with van der Waals surface area (Å²) >= 11 is 0. The number of nitrogens with zero attached hydrogens (tertiary/aromatic N) is 1. The van der Waals surface area contributed by atoms with Crippen LogP contribution in [0.4, 0.5) is 0 Å². The standard InChI is InChI=1S/C15H28N2O3/c1-6-10(2)12(16)13(18)17-9-7-8-11(17)14(19)20-15(3,4)5/h10-12H,6-9,16H2,1-5H3/t10-,11-,12-/m0/s1. The van der Waals surface area contributed by atoms with Gasteiger partial charge in [-0.1, -0.05) is 20.3 Å². The summed E-state index contributed by atoms with van der Waals surface area (Å²) < 4.78 is 5.39. The number of rotatable bonds is 4. The van der Waals surface area contributed by atoms with E-state index in [0.717, 1.165) is 12.8 Å². The number of carbonyl (C=O) groups is 2. The van der Waals surface area contributed by atoms with Gasteiger partial charge in [-0.05, 0) is 39.5 Å². The van der Waals surface area contributed by atoms with Crippen LogP contribution in [0.15, 0.2) is 0 Å². The normalized spacial score (nSPS) is 22.5. The van der Waals surface area contributed by atoms with Crippen molar-refractivity contribution in [2.24, 2.45) is 11.7 Å². The van der Waals surface area contributed by atoms with Crippen molar-refractivity contribution in [3.8, 4) is 0 Å². The van der Waals surface area contributed by atoms with Crippen LogP contribution in [0, 0.1) is 5.92 Å². The van der Waals surface area contributed by atoms with Gasteiger partial charge >= 0.3 is 5.97 Å². The van der Waals surface area contributed by atoms with Crippen LogP contribution in [0.1, 0.15) is 53.9 Å². The second kappa shape index (κ2) is 6.57. The molecule has 1 heterocycles. The fraction of sp³-hybridized carbons (Fsp3) is 0.867. The third-order valence-electron chi connectivity index (χ3n) is 3.76. The van der Waals surface area contributed by atoms with Crippen molar-refractivity contribution in [3.63, 3.8) is 0 Å². The molecule has 0 saturated carbocycles. The molecule has 0 spiro atoms. The Balaban J connectivity index is 2.74. The minimum Gasteiger partial charge on any atom is -0.458 e. The Kier molecular flexibility index (Phi) is 5.57. The fourth-order valence-corrected chi connectivity index (χ4v) is 2.33. The lowest BCUT2D eigenvalue weighted by Crippen LogP contribution is -2.51. The molecule has 0 bridgehead atoms. The smallest absolute Gasteiger partial charge is 0.329 e. The van der Waals surface area contributed by atoms with E-state index in [0.29, 0.717) is 13.0 Å². The number of esters is 1. The first kappa shape index (κ1) is 17.0. The molecule has 0 aromatic rings. The molecule has 5 heteroatoms. The maximum atomic E-state index is 12.4. The van der Waals surface area contributed by atoms with Crippen molar-refractivity contribution >= 4 is 11.9 Å². The zero-order valence-electron chi connectivity index (χ0n) is 13.3. The molecular formula is C15H28N2O3. The van der Waals surface area contributed by atoms with Crippen molar-refractivity contribution in [2.45, 2.75) is 71.6 Å². The first-order valence-corrected chi connectivity index (χ1v) is 7.46. The van der Waals surface area contributed by atoms with Crippen LogP contribution in [0.25, 0.3) is 0 Å². The van der Waals surface area contributed by atoms with Crippen molar-refractivity contribution in [1.29, 1.82) is 0 Å². The van der Waals surface area contributed by atoms with E-state index in [1.54, 1.807) is 4.90 Å². The van der Waals surface area contributed by atoms with Crippen molar-refractivity contribution in [3.05, 3.63) is 0 Å². The highest BCUT2D eigenvalue weighted by molar-refractivity contribution is 5.88. The van der Waals surface area contributed by atoms with Gasteiger partial charge < -0.3 is 15.4 Å². The SMILES string of the molecule is CC[C@H](C)[C@H](N)C(=O)N1CCC[C@H]1C(=O)OC(C)(C)C. The summed E-state index contributed by atoms with van der Waals surface area (Å²) in [6.45, 7) is 10.0. The third-order valence-corrected chi connectivity index (χ3v) is 3.76. The largest absolute Gasteiger partial charge is 0.458 e. The molecule has 20 heavy (non-hydrogen) atoms. The Morgan fingerprint density at radius 1 is 1.40 bits per heavy atom. The lowest BCUT2D eigenvalue weighted by Gasteiger charge is -2.30. The molecule has 0 aromatic heterocycles.